The Morgan fingerprint density at radius 1 is 1.26 bits per heavy atom. The number of carbonyl (C=O) groups excluding carboxylic acids is 2. The van der Waals surface area contributed by atoms with Crippen molar-refractivity contribution in [1.29, 1.82) is 0 Å². The fourth-order valence-corrected chi connectivity index (χ4v) is 3.11. The summed E-state index contributed by atoms with van der Waals surface area (Å²) < 4.78 is 0. The van der Waals surface area contributed by atoms with Crippen LogP contribution in [0.4, 0.5) is 5.82 Å². The van der Waals surface area contributed by atoms with Crippen LogP contribution in [0.5, 0.6) is 0 Å². The van der Waals surface area contributed by atoms with Crippen LogP contribution in [-0.2, 0) is 15.0 Å². The highest BCUT2D eigenvalue weighted by Gasteiger charge is 2.23. The molecule has 11 nitrogen and oxygen atoms in total. The largest absolute Gasteiger partial charge is 0.286 e. The molecule has 0 saturated heterocycles. The van der Waals surface area contributed by atoms with Gasteiger partial charge < -0.3 is 0 Å². The predicted molar refractivity (Wildman–Crippen MR) is 116 cm³/mol. The molecule has 2 heterocycles. The highest BCUT2D eigenvalue weighted by molar-refractivity contribution is 5.91. The molecule has 1 atom stereocenters. The van der Waals surface area contributed by atoms with E-state index in [-0.39, 0.29) is 29.5 Å². The molecule has 0 radical (unpaired) electrons. The fraction of sp³-hybridized carbons (Fsp3) is 0.550. The van der Waals surface area contributed by atoms with Crippen LogP contribution < -0.4 is 22.0 Å². The lowest BCUT2D eigenvalue weighted by Gasteiger charge is -2.22. The Morgan fingerprint density at radius 2 is 1.94 bits per heavy atom. The number of unbranched alkanes of at least 4 members (excludes halogenated alkanes) is 2. The number of nitrogens with one attached hydrogen (secondary N) is 4. The Hall–Kier alpha value is -3.21. The van der Waals surface area contributed by atoms with Crippen molar-refractivity contribution < 1.29 is 14.8 Å². The number of hydroxylamine groups is 2. The number of hydrogen-bond donors (Lipinski definition) is 5. The predicted octanol–water partition coefficient (Wildman–Crippen LogP) is 1.40. The van der Waals surface area contributed by atoms with Crippen molar-refractivity contribution >= 4 is 28.9 Å². The van der Waals surface area contributed by atoms with E-state index in [9.17, 15) is 24.4 Å². The standard InChI is InChI=1S/C20H30N6O5/c1-5-6-7-8-12(10-26(31)11-27)17(28)23-22-16-15-13(18(29)24-25-19(15)30)9-14(21-16)20(2,3)4/h9,11-12,31H,5-8,10H2,1-4H3,(H,21,22)(H,23,28)(H,24,29)(H,25,30)/t12-/m0/s1. The van der Waals surface area contributed by atoms with Gasteiger partial charge in [0.15, 0.2) is 5.82 Å². The van der Waals surface area contributed by atoms with Crippen molar-refractivity contribution in [3.05, 3.63) is 32.5 Å². The molecule has 2 aromatic heterocycles. The van der Waals surface area contributed by atoms with E-state index in [2.05, 4.69) is 26.0 Å². The lowest BCUT2D eigenvalue weighted by Crippen LogP contribution is -2.40. The number of hydrazine groups is 1. The first-order valence-electron chi connectivity index (χ1n) is 10.2. The Labute approximate surface area is 179 Å². The van der Waals surface area contributed by atoms with E-state index in [4.69, 9.17) is 0 Å². The van der Waals surface area contributed by atoms with Gasteiger partial charge in [0.1, 0.15) is 0 Å². The first-order valence-corrected chi connectivity index (χ1v) is 10.2. The number of H-pyrrole nitrogens is 2. The van der Waals surface area contributed by atoms with Gasteiger partial charge in [-0.2, -0.15) is 0 Å². The van der Waals surface area contributed by atoms with Crippen LogP contribution in [0, 0.1) is 5.92 Å². The molecule has 0 aliphatic carbocycles. The van der Waals surface area contributed by atoms with Crippen molar-refractivity contribution in [2.24, 2.45) is 5.92 Å². The van der Waals surface area contributed by atoms with Gasteiger partial charge in [0.05, 0.1) is 23.2 Å². The van der Waals surface area contributed by atoms with E-state index in [1.807, 2.05) is 27.7 Å². The number of aromatic amines is 2. The van der Waals surface area contributed by atoms with Crippen molar-refractivity contribution in [2.45, 2.75) is 58.8 Å². The summed E-state index contributed by atoms with van der Waals surface area (Å²) in [5.74, 6) is -1.12. The lowest BCUT2D eigenvalue weighted by molar-refractivity contribution is -0.154. The van der Waals surface area contributed by atoms with Gasteiger partial charge in [-0.05, 0) is 12.5 Å². The SMILES string of the molecule is CCCCC[C@@H](CN(O)C=O)C(=O)NNc1nc(C(C)(C)C)cc2c(=O)[nH][nH]c(=O)c12. The molecule has 31 heavy (non-hydrogen) atoms. The number of carbonyl (C=O) groups is 2. The number of pyridine rings is 1. The number of nitrogens with zero attached hydrogens (tertiary/aromatic N) is 2. The summed E-state index contributed by atoms with van der Waals surface area (Å²) in [6, 6.07) is 1.55. The molecule has 0 aliphatic heterocycles. The Balaban J connectivity index is 2.35. The van der Waals surface area contributed by atoms with E-state index in [0.29, 0.717) is 17.2 Å². The molecule has 0 unspecified atom stereocenters. The number of hydrogen-bond acceptors (Lipinski definition) is 7. The normalized spacial score (nSPS) is 12.4. The second kappa shape index (κ2) is 10.2. The van der Waals surface area contributed by atoms with Gasteiger partial charge in [-0.3, -0.25) is 45.4 Å². The van der Waals surface area contributed by atoms with E-state index in [1.165, 1.54) is 0 Å². The second-order valence-electron chi connectivity index (χ2n) is 8.47. The maximum Gasteiger partial charge on any atom is 0.274 e. The quantitative estimate of drug-likeness (QED) is 0.163. The smallest absolute Gasteiger partial charge is 0.274 e. The van der Waals surface area contributed by atoms with E-state index in [0.717, 1.165) is 19.3 Å². The van der Waals surface area contributed by atoms with Crippen molar-refractivity contribution in [3.63, 3.8) is 0 Å². The lowest BCUT2D eigenvalue weighted by atomic mass is 9.91. The van der Waals surface area contributed by atoms with Gasteiger partial charge >= 0.3 is 0 Å². The monoisotopic (exact) mass is 434 g/mol. The third-order valence-electron chi connectivity index (χ3n) is 4.91. The highest BCUT2D eigenvalue weighted by Crippen LogP contribution is 2.25. The molecular formula is C20H30N6O5. The Morgan fingerprint density at radius 3 is 2.55 bits per heavy atom. The minimum atomic E-state index is -0.673. The molecule has 0 aliphatic rings. The third kappa shape index (κ3) is 6.14. The van der Waals surface area contributed by atoms with Crippen LogP contribution in [0.2, 0.25) is 0 Å². The van der Waals surface area contributed by atoms with Gasteiger partial charge in [0.2, 0.25) is 12.3 Å². The zero-order chi connectivity index (χ0) is 23.2. The number of amides is 2. The van der Waals surface area contributed by atoms with E-state index in [1.54, 1.807) is 6.07 Å². The van der Waals surface area contributed by atoms with Gasteiger partial charge in [-0.1, -0.05) is 47.0 Å². The molecule has 0 spiro atoms. The van der Waals surface area contributed by atoms with Gasteiger partial charge in [-0.15, -0.1) is 0 Å². The fourth-order valence-electron chi connectivity index (χ4n) is 3.11. The minimum Gasteiger partial charge on any atom is -0.286 e. The molecule has 0 bridgehead atoms. The average Bonchev–Trinajstić information content (AvgIpc) is 2.72. The summed E-state index contributed by atoms with van der Waals surface area (Å²) in [7, 11) is 0. The summed E-state index contributed by atoms with van der Waals surface area (Å²) in [6.45, 7) is 7.58. The molecule has 2 rings (SSSR count). The third-order valence-corrected chi connectivity index (χ3v) is 4.91. The zero-order valence-electron chi connectivity index (χ0n) is 18.2. The van der Waals surface area contributed by atoms with Gasteiger partial charge in [0.25, 0.3) is 11.1 Å². The number of anilines is 1. The number of rotatable bonds is 10. The maximum absolute atomic E-state index is 12.7. The van der Waals surface area contributed by atoms with Crippen LogP contribution in [0.15, 0.2) is 15.7 Å². The van der Waals surface area contributed by atoms with Crippen LogP contribution in [0.1, 0.15) is 59.1 Å². The maximum atomic E-state index is 12.7. The van der Waals surface area contributed by atoms with Gasteiger partial charge in [0, 0.05) is 11.1 Å². The zero-order valence-corrected chi connectivity index (χ0v) is 18.2. The molecule has 11 heteroatoms. The van der Waals surface area contributed by atoms with Crippen LogP contribution >= 0.6 is 0 Å². The van der Waals surface area contributed by atoms with Crippen molar-refractivity contribution in [1.82, 2.24) is 25.7 Å². The van der Waals surface area contributed by atoms with Crippen molar-refractivity contribution in [2.75, 3.05) is 12.0 Å². The Bertz CT molecular complexity index is 1040. The summed E-state index contributed by atoms with van der Waals surface area (Å²) in [4.78, 5) is 52.6. The Kier molecular flexibility index (Phi) is 7.92. The summed E-state index contributed by atoms with van der Waals surface area (Å²) in [5, 5.41) is 14.6. The molecule has 170 valence electrons. The van der Waals surface area contributed by atoms with E-state index < -0.39 is 28.4 Å². The first kappa shape index (κ1) is 24.1. The molecule has 5 N–H and O–H groups in total. The van der Waals surface area contributed by atoms with Crippen LogP contribution in [0.25, 0.3) is 10.8 Å². The summed E-state index contributed by atoms with van der Waals surface area (Å²) in [6.07, 6.45) is 3.30. The molecule has 2 amide bonds. The minimum absolute atomic E-state index is 0.0104. The molecule has 2 aromatic rings. The average molecular weight is 434 g/mol. The molecule has 0 saturated carbocycles. The summed E-state index contributed by atoms with van der Waals surface area (Å²) in [5.41, 5.74) is 4.23. The summed E-state index contributed by atoms with van der Waals surface area (Å²) >= 11 is 0. The van der Waals surface area contributed by atoms with Crippen LogP contribution in [-0.4, -0.2) is 44.3 Å². The van der Waals surface area contributed by atoms with Crippen molar-refractivity contribution in [3.8, 4) is 0 Å². The molecule has 0 fully saturated rings. The van der Waals surface area contributed by atoms with Crippen LogP contribution in [0.3, 0.4) is 0 Å². The molecular weight excluding hydrogens is 404 g/mol. The number of fused-ring (bicyclic) bond motifs is 1. The number of aromatic nitrogens is 3. The van der Waals surface area contributed by atoms with Gasteiger partial charge in [-0.25, -0.2) is 10.0 Å². The molecule has 0 aromatic carbocycles. The first-order chi connectivity index (χ1) is 14.6. The highest BCUT2D eigenvalue weighted by atomic mass is 16.5. The second-order valence-corrected chi connectivity index (χ2v) is 8.47. The van der Waals surface area contributed by atoms with E-state index >= 15 is 0 Å². The topological polar surface area (TPSA) is 160 Å².